The molecule has 8 amide bonds. The van der Waals surface area contributed by atoms with E-state index < -0.39 is 127 Å². The van der Waals surface area contributed by atoms with Gasteiger partial charge in [-0.25, -0.2) is 4.79 Å². The Labute approximate surface area is 385 Å². The van der Waals surface area contributed by atoms with Gasteiger partial charge in [-0.3, -0.25) is 38.4 Å². The largest absolute Gasteiger partial charge is 0.480 e. The van der Waals surface area contributed by atoms with E-state index >= 15 is 0 Å². The number of carboxylic acid groups (broad SMARTS) is 1. The van der Waals surface area contributed by atoms with Gasteiger partial charge in [-0.05, 0) is 49.8 Å². The standard InChI is InChI=1S/C40H62N10O13S2/c1-6-19(2)31(49-33(55)20(3)41)38(60)48-29(18-64)34(56)43-15-30(54)44-25(11-12-65-5)35(57)46-27(16-51)37(59)50-32(21(4)53)39(61)45-26(36(58)47-28(17-52)40(62)63)13-22-14-42-24-10-8-7-9-23(22)24/h7-10,14,19-21,25-29,31-32,42,51-53,64H,6,11-13,15-18,41H2,1-5H3,(H,43,56)(H,44,54)(H,45,61)(H,46,57)(H,47,58)(H,48,60)(H,49,55)(H,50,59)(H,62,63)/t19-,20-,21+,25-,26-,27-,28-,29-,31-,32-/m0/s1. The summed E-state index contributed by atoms with van der Waals surface area (Å²) in [4.78, 5) is 120. The van der Waals surface area contributed by atoms with E-state index in [2.05, 4.69) is 60.1 Å². The lowest BCUT2D eigenvalue weighted by Crippen LogP contribution is -2.62. The van der Waals surface area contributed by atoms with Gasteiger partial charge in [-0.1, -0.05) is 38.5 Å². The normalized spacial score (nSPS) is 15.8. The van der Waals surface area contributed by atoms with Gasteiger partial charge in [0.05, 0.1) is 31.9 Å². The number of rotatable bonds is 28. The summed E-state index contributed by atoms with van der Waals surface area (Å²) in [7, 11) is 0. The van der Waals surface area contributed by atoms with E-state index in [1.807, 2.05) is 6.92 Å². The van der Waals surface area contributed by atoms with E-state index in [1.165, 1.54) is 18.7 Å². The molecule has 0 saturated carbocycles. The number of carboxylic acids is 1. The highest BCUT2D eigenvalue weighted by atomic mass is 32.2. The van der Waals surface area contributed by atoms with E-state index in [0.29, 0.717) is 28.6 Å². The molecular weight excluding hydrogens is 893 g/mol. The third kappa shape index (κ3) is 17.5. The Bertz CT molecular complexity index is 1970. The number of aliphatic carboxylic acids is 1. The SMILES string of the molecule is CC[C@H](C)[C@H](NC(=O)[C@H](C)N)C(=O)N[C@@H](CS)C(=O)NCC(=O)N[C@@H](CCSC)C(=O)N[C@@H](CO)C(=O)N[C@H](C(=O)N[C@@H](Cc1c[nH]c2ccccc12)C(=O)N[C@@H](CO)C(=O)O)[C@@H](C)O. The van der Waals surface area contributed by atoms with Gasteiger partial charge in [0, 0.05) is 29.3 Å². The van der Waals surface area contributed by atoms with Crippen LogP contribution < -0.4 is 48.3 Å². The monoisotopic (exact) mass is 954 g/mol. The number of nitrogens with one attached hydrogen (secondary N) is 9. The number of carbonyl (C=O) groups excluding carboxylic acids is 8. The van der Waals surface area contributed by atoms with E-state index in [9.17, 15) is 63.6 Å². The molecule has 0 fully saturated rings. The number of aliphatic hydroxyl groups excluding tert-OH is 3. The molecule has 2 rings (SSSR count). The molecule has 362 valence electrons. The van der Waals surface area contributed by atoms with E-state index in [-0.39, 0.29) is 24.5 Å². The van der Waals surface area contributed by atoms with Crippen molar-refractivity contribution in [2.75, 3.05) is 37.5 Å². The number of para-hydroxylation sites is 1. The van der Waals surface area contributed by atoms with E-state index in [0.717, 1.165) is 6.92 Å². The van der Waals surface area contributed by atoms with E-state index in [4.69, 9.17) is 5.73 Å². The number of aliphatic hydroxyl groups is 3. The van der Waals surface area contributed by atoms with Crippen LogP contribution in [0, 0.1) is 5.92 Å². The average Bonchev–Trinajstić information content (AvgIpc) is 3.68. The molecule has 1 aromatic heterocycles. The van der Waals surface area contributed by atoms with Crippen molar-refractivity contribution >= 4 is 88.5 Å². The molecule has 15 N–H and O–H groups in total. The van der Waals surface area contributed by atoms with Crippen LogP contribution in [-0.4, -0.2) is 171 Å². The number of aromatic amines is 1. The van der Waals surface area contributed by atoms with Crippen molar-refractivity contribution in [1.82, 2.24) is 47.5 Å². The second-order valence-corrected chi connectivity index (χ2v) is 16.6. The van der Waals surface area contributed by atoms with Gasteiger partial charge in [0.1, 0.15) is 42.3 Å². The number of H-pyrrole nitrogens is 1. The lowest BCUT2D eigenvalue weighted by molar-refractivity contribution is -0.143. The first kappa shape index (κ1) is 55.7. The fourth-order valence-corrected chi connectivity index (χ4v) is 6.79. The zero-order valence-corrected chi connectivity index (χ0v) is 38.4. The Morgan fingerprint density at radius 3 is 1.85 bits per heavy atom. The number of hydrogen-bond donors (Lipinski definition) is 15. The van der Waals surface area contributed by atoms with Crippen LogP contribution >= 0.6 is 24.4 Å². The van der Waals surface area contributed by atoms with Crippen LogP contribution in [0.15, 0.2) is 30.5 Å². The number of aromatic nitrogens is 1. The highest BCUT2D eigenvalue weighted by Crippen LogP contribution is 2.19. The Kier molecular flexibility index (Phi) is 23.8. The Balaban J connectivity index is 2.16. The van der Waals surface area contributed by atoms with Crippen LogP contribution in [0.3, 0.4) is 0 Å². The van der Waals surface area contributed by atoms with Crippen molar-refractivity contribution in [2.24, 2.45) is 11.7 Å². The van der Waals surface area contributed by atoms with Crippen LogP contribution in [0.2, 0.25) is 0 Å². The average molecular weight is 955 g/mol. The van der Waals surface area contributed by atoms with Crippen LogP contribution in [-0.2, 0) is 49.6 Å². The molecule has 0 aliphatic heterocycles. The van der Waals surface area contributed by atoms with Gasteiger partial charge in [0.15, 0.2) is 0 Å². The van der Waals surface area contributed by atoms with Crippen molar-refractivity contribution in [2.45, 2.75) is 101 Å². The first-order valence-electron chi connectivity index (χ1n) is 20.6. The zero-order chi connectivity index (χ0) is 49.0. The van der Waals surface area contributed by atoms with Gasteiger partial charge in [-0.2, -0.15) is 24.4 Å². The predicted molar refractivity (Wildman–Crippen MR) is 242 cm³/mol. The smallest absolute Gasteiger partial charge is 0.328 e. The number of thioether (sulfide) groups is 1. The van der Waals surface area contributed by atoms with Crippen LogP contribution in [0.5, 0.6) is 0 Å². The summed E-state index contributed by atoms with van der Waals surface area (Å²) in [6.07, 6.45) is 1.99. The molecule has 0 aliphatic rings. The van der Waals surface area contributed by atoms with Crippen LogP contribution in [0.25, 0.3) is 10.9 Å². The fraction of sp³-hybridized carbons (Fsp3) is 0.575. The molecule has 1 aromatic carbocycles. The van der Waals surface area contributed by atoms with Gasteiger partial charge in [-0.15, -0.1) is 0 Å². The molecule has 2 aromatic rings. The lowest BCUT2D eigenvalue weighted by Gasteiger charge is -2.27. The number of carbonyl (C=O) groups is 9. The van der Waals surface area contributed by atoms with Crippen LogP contribution in [0.4, 0.5) is 0 Å². The van der Waals surface area contributed by atoms with Crippen molar-refractivity contribution in [3.8, 4) is 0 Å². The van der Waals surface area contributed by atoms with Gasteiger partial charge in [0.2, 0.25) is 47.3 Å². The molecule has 10 atom stereocenters. The maximum absolute atomic E-state index is 13.6. The van der Waals surface area contributed by atoms with Crippen molar-refractivity contribution in [3.63, 3.8) is 0 Å². The second-order valence-electron chi connectivity index (χ2n) is 15.2. The van der Waals surface area contributed by atoms with Crippen LogP contribution in [0.1, 0.15) is 46.1 Å². The first-order chi connectivity index (χ1) is 30.7. The van der Waals surface area contributed by atoms with E-state index in [1.54, 1.807) is 43.6 Å². The van der Waals surface area contributed by atoms with Crippen molar-refractivity contribution in [1.29, 1.82) is 0 Å². The molecule has 65 heavy (non-hydrogen) atoms. The maximum atomic E-state index is 13.6. The molecule has 0 saturated heterocycles. The number of hydrogen-bond acceptors (Lipinski definition) is 15. The quantitative estimate of drug-likeness (QED) is 0.0359. The summed E-state index contributed by atoms with van der Waals surface area (Å²) < 4.78 is 0. The molecule has 1 heterocycles. The van der Waals surface area contributed by atoms with Gasteiger partial charge >= 0.3 is 5.97 Å². The summed E-state index contributed by atoms with van der Waals surface area (Å²) in [6.45, 7) is 3.48. The Morgan fingerprint density at radius 2 is 1.28 bits per heavy atom. The molecular formula is C40H62N10O13S2. The zero-order valence-electron chi connectivity index (χ0n) is 36.7. The van der Waals surface area contributed by atoms with Crippen molar-refractivity contribution in [3.05, 3.63) is 36.0 Å². The second kappa shape index (κ2) is 27.8. The number of nitrogens with two attached hydrogens (primary N) is 1. The molecule has 25 heteroatoms. The number of thiol groups is 1. The predicted octanol–water partition coefficient (Wildman–Crippen LogP) is -4.25. The molecule has 0 radical (unpaired) electrons. The number of amides is 8. The fourth-order valence-electron chi connectivity index (χ4n) is 6.06. The topological polar surface area (TPSA) is 373 Å². The highest BCUT2D eigenvalue weighted by Gasteiger charge is 2.35. The summed E-state index contributed by atoms with van der Waals surface area (Å²) in [5.41, 5.74) is 6.86. The minimum Gasteiger partial charge on any atom is -0.480 e. The number of fused-ring (bicyclic) bond motifs is 1. The summed E-state index contributed by atoms with van der Waals surface area (Å²) in [6, 6.07) is -4.23. The number of benzene rings is 1. The van der Waals surface area contributed by atoms with Gasteiger partial charge in [0.25, 0.3) is 0 Å². The molecule has 0 aliphatic carbocycles. The highest BCUT2D eigenvalue weighted by molar-refractivity contribution is 7.98. The minimum absolute atomic E-state index is 0.0174. The van der Waals surface area contributed by atoms with Crippen molar-refractivity contribution < 1.29 is 63.6 Å². The third-order valence-corrected chi connectivity index (χ3v) is 11.1. The summed E-state index contributed by atoms with van der Waals surface area (Å²) in [5, 5.41) is 59.3. The lowest BCUT2D eigenvalue weighted by atomic mass is 9.97. The minimum atomic E-state index is -1.80. The Hall–Kier alpha value is -5.47. The maximum Gasteiger partial charge on any atom is 0.328 e. The first-order valence-corrected chi connectivity index (χ1v) is 22.7. The molecule has 0 spiro atoms. The molecule has 23 nitrogen and oxygen atoms in total. The summed E-state index contributed by atoms with van der Waals surface area (Å²) in [5.74, 6) is -8.85. The Morgan fingerprint density at radius 1 is 0.723 bits per heavy atom. The molecule has 0 bridgehead atoms. The summed E-state index contributed by atoms with van der Waals surface area (Å²) >= 11 is 5.46. The molecule has 0 unspecified atom stereocenters. The third-order valence-electron chi connectivity index (χ3n) is 10.1. The van der Waals surface area contributed by atoms with Gasteiger partial charge < -0.3 is 73.7 Å².